The lowest BCUT2D eigenvalue weighted by Gasteiger charge is -2.19. The van der Waals surface area contributed by atoms with Crippen molar-refractivity contribution in [1.29, 1.82) is 0 Å². The second-order valence-electron chi connectivity index (χ2n) is 6.28. The number of rotatable bonds is 3. The average Bonchev–Trinajstić information content (AvgIpc) is 2.85. The van der Waals surface area contributed by atoms with E-state index in [-0.39, 0.29) is 18.4 Å². The predicted octanol–water partition coefficient (Wildman–Crippen LogP) is 3.39. The molecule has 1 aromatic heterocycles. The minimum Gasteiger partial charge on any atom is -0.458 e. The van der Waals surface area contributed by atoms with Crippen molar-refractivity contribution in [2.24, 2.45) is 5.92 Å². The summed E-state index contributed by atoms with van der Waals surface area (Å²) in [6, 6.07) is 8.78. The van der Waals surface area contributed by atoms with Crippen LogP contribution in [0, 0.1) is 5.92 Å². The Hall–Kier alpha value is -1.72. The number of furan rings is 1. The number of imide groups is 1. The molecule has 2 aromatic rings. The highest BCUT2D eigenvalue weighted by Gasteiger charge is 2.57. The summed E-state index contributed by atoms with van der Waals surface area (Å²) in [4.78, 5) is 26.2. The topological polar surface area (TPSA) is 62.6 Å². The number of alkyl halides is 2. The van der Waals surface area contributed by atoms with Crippen molar-refractivity contribution < 1.29 is 14.0 Å². The fourth-order valence-corrected chi connectivity index (χ4v) is 3.46. The lowest BCUT2D eigenvalue weighted by molar-refractivity contribution is -0.131. The fraction of sp³-hybridized carbons (Fsp3) is 0.375. The maximum absolute atomic E-state index is 12.8. The van der Waals surface area contributed by atoms with Gasteiger partial charge in [0.1, 0.15) is 15.7 Å². The SMILES string of the molecule is C[C@]1(c2cc3ccccc3o2)NC(=O)N(C[C@H]2CC2(Cl)Cl)C1=O. The predicted molar refractivity (Wildman–Crippen MR) is 86.4 cm³/mol. The number of nitrogens with one attached hydrogen (secondary N) is 1. The third-order valence-electron chi connectivity index (χ3n) is 4.55. The van der Waals surface area contributed by atoms with Gasteiger partial charge >= 0.3 is 6.03 Å². The normalized spacial score (nSPS) is 29.2. The van der Waals surface area contributed by atoms with Crippen molar-refractivity contribution in [3.05, 3.63) is 36.1 Å². The number of urea groups is 1. The van der Waals surface area contributed by atoms with Gasteiger partial charge < -0.3 is 9.73 Å². The molecule has 7 heteroatoms. The first-order valence-electron chi connectivity index (χ1n) is 7.32. The van der Waals surface area contributed by atoms with Crippen molar-refractivity contribution in [2.75, 3.05) is 6.54 Å². The summed E-state index contributed by atoms with van der Waals surface area (Å²) in [6.45, 7) is 1.86. The second-order valence-corrected chi connectivity index (χ2v) is 7.82. The van der Waals surface area contributed by atoms with E-state index < -0.39 is 15.9 Å². The van der Waals surface area contributed by atoms with Crippen LogP contribution in [0.15, 0.2) is 34.7 Å². The third-order valence-corrected chi connectivity index (χ3v) is 5.48. The van der Waals surface area contributed by atoms with Crippen LogP contribution in [0.3, 0.4) is 0 Å². The molecule has 1 N–H and O–H groups in total. The molecule has 0 spiro atoms. The van der Waals surface area contributed by atoms with Crippen molar-refractivity contribution in [3.8, 4) is 0 Å². The van der Waals surface area contributed by atoms with Crippen LogP contribution < -0.4 is 5.32 Å². The number of amides is 3. The number of carbonyl (C=O) groups is 2. The Balaban J connectivity index is 1.65. The zero-order valence-electron chi connectivity index (χ0n) is 12.3. The molecule has 2 fully saturated rings. The standard InChI is InChI=1S/C16H14Cl2N2O3/c1-15(12-6-9-4-2-3-5-11(9)23-12)13(21)20(14(22)19-15)8-10-7-16(10,17)18/h2-6,10H,7-8H2,1H3,(H,19,22)/t10-,15-/m1/s1. The summed E-state index contributed by atoms with van der Waals surface area (Å²) < 4.78 is 4.93. The molecule has 1 saturated heterocycles. The number of hydrogen-bond acceptors (Lipinski definition) is 3. The number of para-hydroxylation sites is 1. The first kappa shape index (κ1) is 14.8. The van der Waals surface area contributed by atoms with E-state index in [9.17, 15) is 9.59 Å². The molecule has 120 valence electrons. The van der Waals surface area contributed by atoms with Gasteiger partial charge in [-0.2, -0.15) is 0 Å². The second kappa shape index (κ2) is 4.65. The summed E-state index contributed by atoms with van der Waals surface area (Å²) in [7, 11) is 0. The summed E-state index contributed by atoms with van der Waals surface area (Å²) in [5.41, 5.74) is -0.543. The molecular weight excluding hydrogens is 339 g/mol. The lowest BCUT2D eigenvalue weighted by Crippen LogP contribution is -2.40. The molecule has 23 heavy (non-hydrogen) atoms. The van der Waals surface area contributed by atoms with Gasteiger partial charge in [0.2, 0.25) is 0 Å². The number of fused-ring (bicyclic) bond motifs is 1. The van der Waals surface area contributed by atoms with Gasteiger partial charge in [-0.25, -0.2) is 4.79 Å². The Kier molecular flexibility index (Phi) is 3.00. The minimum atomic E-state index is -1.22. The summed E-state index contributed by atoms with van der Waals surface area (Å²) >= 11 is 12.0. The molecule has 2 aliphatic rings. The zero-order valence-corrected chi connectivity index (χ0v) is 13.8. The Morgan fingerprint density at radius 3 is 2.70 bits per heavy atom. The molecule has 5 nitrogen and oxygen atoms in total. The van der Waals surface area contributed by atoms with Crippen LogP contribution in [-0.4, -0.2) is 27.7 Å². The smallest absolute Gasteiger partial charge is 0.325 e. The zero-order chi connectivity index (χ0) is 16.4. The van der Waals surface area contributed by atoms with E-state index in [0.717, 1.165) is 5.39 Å². The van der Waals surface area contributed by atoms with E-state index >= 15 is 0 Å². The van der Waals surface area contributed by atoms with Crippen LogP contribution in [0.2, 0.25) is 0 Å². The number of benzene rings is 1. The number of hydrogen-bond donors (Lipinski definition) is 1. The maximum Gasteiger partial charge on any atom is 0.325 e. The van der Waals surface area contributed by atoms with E-state index in [0.29, 0.717) is 17.8 Å². The summed E-state index contributed by atoms with van der Waals surface area (Å²) in [6.07, 6.45) is 0.578. The van der Waals surface area contributed by atoms with Gasteiger partial charge in [0.05, 0.1) is 0 Å². The molecule has 2 atom stereocenters. The van der Waals surface area contributed by atoms with Crippen LogP contribution in [0.4, 0.5) is 4.79 Å². The van der Waals surface area contributed by atoms with Crippen LogP contribution in [-0.2, 0) is 10.3 Å². The Morgan fingerprint density at radius 2 is 2.04 bits per heavy atom. The van der Waals surface area contributed by atoms with Crippen LogP contribution in [0.5, 0.6) is 0 Å². The van der Waals surface area contributed by atoms with Gasteiger partial charge in [0.15, 0.2) is 5.54 Å². The van der Waals surface area contributed by atoms with Gasteiger partial charge in [-0.15, -0.1) is 23.2 Å². The monoisotopic (exact) mass is 352 g/mol. The molecule has 4 rings (SSSR count). The molecule has 0 unspecified atom stereocenters. The quantitative estimate of drug-likeness (QED) is 0.680. The highest BCUT2D eigenvalue weighted by molar-refractivity contribution is 6.50. The molecule has 1 aliphatic carbocycles. The minimum absolute atomic E-state index is 0.0847. The number of halogens is 2. The van der Waals surface area contributed by atoms with E-state index in [1.807, 2.05) is 24.3 Å². The highest BCUT2D eigenvalue weighted by atomic mass is 35.5. The van der Waals surface area contributed by atoms with Gasteiger partial charge in [0, 0.05) is 17.8 Å². The molecule has 1 saturated carbocycles. The molecule has 3 amide bonds. The van der Waals surface area contributed by atoms with Crippen LogP contribution in [0.25, 0.3) is 11.0 Å². The van der Waals surface area contributed by atoms with Gasteiger partial charge in [0.25, 0.3) is 5.91 Å². The molecule has 0 radical (unpaired) electrons. The first-order valence-corrected chi connectivity index (χ1v) is 8.08. The Bertz CT molecular complexity index is 799. The highest BCUT2D eigenvalue weighted by Crippen LogP contribution is 2.53. The molecule has 0 bridgehead atoms. The van der Waals surface area contributed by atoms with Crippen molar-refractivity contribution in [2.45, 2.75) is 23.2 Å². The number of carbonyl (C=O) groups excluding carboxylic acids is 2. The third kappa shape index (κ3) is 2.22. The van der Waals surface area contributed by atoms with Crippen LogP contribution in [0.1, 0.15) is 19.1 Å². The van der Waals surface area contributed by atoms with E-state index in [1.165, 1.54) is 4.90 Å². The maximum atomic E-state index is 12.8. The molecule has 1 aliphatic heterocycles. The summed E-state index contributed by atoms with van der Waals surface area (Å²) in [5.74, 6) is -0.0190. The molecule has 1 aromatic carbocycles. The Morgan fingerprint density at radius 1 is 1.35 bits per heavy atom. The summed E-state index contributed by atoms with van der Waals surface area (Å²) in [5, 5.41) is 3.61. The van der Waals surface area contributed by atoms with Gasteiger partial charge in [-0.05, 0) is 25.5 Å². The number of nitrogens with zero attached hydrogens (tertiary/aromatic N) is 1. The average molecular weight is 353 g/mol. The van der Waals surface area contributed by atoms with Crippen molar-refractivity contribution in [3.63, 3.8) is 0 Å². The molecular formula is C16H14Cl2N2O3. The van der Waals surface area contributed by atoms with E-state index in [4.69, 9.17) is 27.6 Å². The molecule has 2 heterocycles. The van der Waals surface area contributed by atoms with E-state index in [1.54, 1.807) is 13.0 Å². The van der Waals surface area contributed by atoms with E-state index in [2.05, 4.69) is 5.32 Å². The van der Waals surface area contributed by atoms with Crippen molar-refractivity contribution >= 4 is 46.1 Å². The van der Waals surface area contributed by atoms with Gasteiger partial charge in [-0.1, -0.05) is 18.2 Å². The van der Waals surface area contributed by atoms with Crippen molar-refractivity contribution in [1.82, 2.24) is 10.2 Å². The lowest BCUT2D eigenvalue weighted by atomic mass is 9.99. The first-order chi connectivity index (χ1) is 10.8. The van der Waals surface area contributed by atoms with Crippen LogP contribution >= 0.6 is 23.2 Å². The fourth-order valence-electron chi connectivity index (χ4n) is 2.95. The largest absolute Gasteiger partial charge is 0.458 e. The Labute approximate surface area is 142 Å². The van der Waals surface area contributed by atoms with Gasteiger partial charge in [-0.3, -0.25) is 9.69 Å².